The van der Waals surface area contributed by atoms with Crippen LogP contribution in [0.2, 0.25) is 0 Å². The SMILES string of the molecule is CC[C@H](C)[C@@H]([C@@H](CC(=O)N1CCC[C@H]1[C@H](OC)[C@@H](C)C(=O)N[C@@H](Cc1cccc(NC(=O)O)c1)c1nccs1)OC)N(C)C(=O)[C@@H](NC(=O)[C@@H]1[C@H]2CC[C@H](C2)N1C)C(C)C. The molecule has 11 atom stereocenters. The van der Waals surface area contributed by atoms with Gasteiger partial charge in [0.1, 0.15) is 11.0 Å². The molecule has 5 amide bonds. The van der Waals surface area contributed by atoms with E-state index in [1.807, 2.05) is 37.2 Å². The van der Waals surface area contributed by atoms with Crippen LogP contribution in [0.25, 0.3) is 0 Å². The molecule has 15 nitrogen and oxygen atoms in total. The molecule has 332 valence electrons. The third-order valence-electron chi connectivity index (χ3n) is 13.3. The minimum Gasteiger partial charge on any atom is -0.465 e. The Kier molecular flexibility index (Phi) is 16.5. The van der Waals surface area contributed by atoms with Gasteiger partial charge in [-0.2, -0.15) is 0 Å². The maximum atomic E-state index is 14.4. The molecule has 3 heterocycles. The smallest absolute Gasteiger partial charge is 0.409 e. The number of carbonyl (C=O) groups is 5. The first-order chi connectivity index (χ1) is 28.6. The highest BCUT2D eigenvalue weighted by Crippen LogP contribution is 2.41. The maximum Gasteiger partial charge on any atom is 0.409 e. The van der Waals surface area contributed by atoms with E-state index < -0.39 is 42.3 Å². The van der Waals surface area contributed by atoms with Gasteiger partial charge < -0.3 is 35.0 Å². The van der Waals surface area contributed by atoms with E-state index in [4.69, 9.17) is 9.47 Å². The zero-order valence-corrected chi connectivity index (χ0v) is 37.6. The van der Waals surface area contributed by atoms with Gasteiger partial charge in [0.2, 0.25) is 23.6 Å². The molecule has 0 radical (unpaired) electrons. The molecule has 2 bridgehead atoms. The van der Waals surface area contributed by atoms with E-state index in [0.29, 0.717) is 42.0 Å². The number of nitrogens with one attached hydrogen (secondary N) is 3. The first-order valence-electron chi connectivity index (χ1n) is 21.5. The summed E-state index contributed by atoms with van der Waals surface area (Å²) in [6.07, 6.45) is 4.95. The lowest BCUT2D eigenvalue weighted by molar-refractivity contribution is -0.148. The number of thiazole rings is 1. The number of amides is 5. The third kappa shape index (κ3) is 10.8. The summed E-state index contributed by atoms with van der Waals surface area (Å²) in [6, 6.07) is 5.16. The Morgan fingerprint density at radius 2 is 1.80 bits per heavy atom. The molecule has 1 aliphatic carbocycles. The molecule has 0 spiro atoms. The third-order valence-corrected chi connectivity index (χ3v) is 14.2. The van der Waals surface area contributed by atoms with Crippen molar-refractivity contribution in [2.75, 3.05) is 40.2 Å². The molecule has 0 unspecified atom stereocenters. The molecule has 4 N–H and O–H groups in total. The lowest BCUT2D eigenvalue weighted by Crippen LogP contribution is -2.60. The van der Waals surface area contributed by atoms with E-state index in [-0.39, 0.29) is 54.0 Å². The van der Waals surface area contributed by atoms with Gasteiger partial charge in [0, 0.05) is 51.1 Å². The van der Waals surface area contributed by atoms with Crippen molar-refractivity contribution in [3.8, 4) is 0 Å². The zero-order chi connectivity index (χ0) is 43.8. The predicted octanol–water partition coefficient (Wildman–Crippen LogP) is 5.18. The van der Waals surface area contributed by atoms with Gasteiger partial charge in [-0.1, -0.05) is 53.2 Å². The van der Waals surface area contributed by atoms with Gasteiger partial charge >= 0.3 is 6.09 Å². The molecule has 60 heavy (non-hydrogen) atoms. The maximum absolute atomic E-state index is 14.4. The van der Waals surface area contributed by atoms with Crippen LogP contribution >= 0.6 is 11.3 Å². The van der Waals surface area contributed by atoms with E-state index in [1.54, 1.807) is 57.5 Å². The highest BCUT2D eigenvalue weighted by molar-refractivity contribution is 7.09. The Balaban J connectivity index is 1.27. The monoisotopic (exact) mass is 853 g/mol. The van der Waals surface area contributed by atoms with Crippen LogP contribution in [0.4, 0.5) is 10.5 Å². The van der Waals surface area contributed by atoms with Crippen LogP contribution in [0.1, 0.15) is 96.2 Å². The van der Waals surface area contributed by atoms with Crippen LogP contribution in [0.5, 0.6) is 0 Å². The minimum absolute atomic E-state index is 0.0210. The minimum atomic E-state index is -1.16. The Morgan fingerprint density at radius 1 is 1.05 bits per heavy atom. The average Bonchev–Trinajstić information content (AvgIpc) is 4.06. The van der Waals surface area contributed by atoms with Crippen LogP contribution in [-0.2, 0) is 35.1 Å². The number of hydrogen-bond donors (Lipinski definition) is 4. The van der Waals surface area contributed by atoms with Gasteiger partial charge in [-0.05, 0) is 81.0 Å². The van der Waals surface area contributed by atoms with E-state index in [1.165, 1.54) is 11.3 Å². The van der Waals surface area contributed by atoms with Crippen molar-refractivity contribution in [3.63, 3.8) is 0 Å². The molecule has 5 rings (SSSR count). The standard InChI is InChI=1S/C44H67N7O8S/c1-10-26(4)37(50(7)43(55)36(25(2)3)48-41(54)38-29-16-17-31(23-29)49(38)6)34(58-8)24-35(52)51-19-12-15-33(51)39(59-9)27(5)40(53)47-32(42-45-18-20-60-42)22-28-13-11-14-30(21-28)46-44(56)57/h11,13-14,18,20-21,25-27,29,31-34,36-39,46H,10,12,15-17,19,22-24H2,1-9H3,(H,47,53)(H,48,54)(H,56,57)/t26-,27+,29-,31+,32-,33-,34+,36-,37-,38-,39+/m0/s1. The molecule has 1 saturated carbocycles. The number of aromatic nitrogens is 1. The summed E-state index contributed by atoms with van der Waals surface area (Å²) < 4.78 is 12.1. The number of nitrogens with zero attached hydrogens (tertiary/aromatic N) is 4. The second kappa shape index (κ2) is 21.1. The summed E-state index contributed by atoms with van der Waals surface area (Å²) in [6.45, 7) is 10.3. The highest BCUT2D eigenvalue weighted by Gasteiger charge is 2.49. The largest absolute Gasteiger partial charge is 0.465 e. The van der Waals surface area contributed by atoms with Gasteiger partial charge in [-0.3, -0.25) is 29.4 Å². The van der Waals surface area contributed by atoms with Crippen LogP contribution < -0.4 is 16.0 Å². The van der Waals surface area contributed by atoms with Crippen molar-refractivity contribution in [2.45, 2.75) is 134 Å². The first-order valence-corrected chi connectivity index (χ1v) is 22.4. The second-order valence-electron chi connectivity index (χ2n) is 17.4. The van der Waals surface area contributed by atoms with E-state index >= 15 is 0 Å². The van der Waals surface area contributed by atoms with Crippen molar-refractivity contribution >= 4 is 46.7 Å². The molecule has 1 aromatic heterocycles. The molecule has 3 aliphatic rings. The van der Waals surface area contributed by atoms with Crippen molar-refractivity contribution in [2.24, 2.45) is 23.7 Å². The summed E-state index contributed by atoms with van der Waals surface area (Å²) in [5, 5.41) is 20.4. The summed E-state index contributed by atoms with van der Waals surface area (Å²) in [7, 11) is 6.89. The number of anilines is 1. The lowest BCUT2D eigenvalue weighted by Gasteiger charge is -2.41. The number of likely N-dealkylation sites (N-methyl/N-ethyl adjacent to an activating group) is 2. The number of benzene rings is 1. The summed E-state index contributed by atoms with van der Waals surface area (Å²) in [4.78, 5) is 77.9. The van der Waals surface area contributed by atoms with Crippen molar-refractivity contribution < 1.29 is 38.6 Å². The predicted molar refractivity (Wildman–Crippen MR) is 230 cm³/mol. The van der Waals surface area contributed by atoms with Crippen LogP contribution in [0, 0.1) is 23.7 Å². The Labute approximate surface area is 359 Å². The van der Waals surface area contributed by atoms with Crippen molar-refractivity contribution in [1.29, 1.82) is 0 Å². The van der Waals surface area contributed by atoms with E-state index in [9.17, 15) is 29.1 Å². The molecule has 2 aromatic rings. The average molecular weight is 854 g/mol. The Bertz CT molecular complexity index is 1780. The molecule has 1 aromatic carbocycles. The Hall–Kier alpha value is -4.12. The second-order valence-corrected chi connectivity index (χ2v) is 18.3. The number of carbonyl (C=O) groups excluding carboxylic acids is 4. The van der Waals surface area contributed by atoms with Gasteiger partial charge in [0.25, 0.3) is 0 Å². The number of hydrogen-bond acceptors (Lipinski definition) is 10. The number of piperidine rings is 1. The molecule has 3 fully saturated rings. The fourth-order valence-electron chi connectivity index (χ4n) is 9.93. The van der Waals surface area contributed by atoms with Gasteiger partial charge in [-0.25, -0.2) is 9.78 Å². The summed E-state index contributed by atoms with van der Waals surface area (Å²) >= 11 is 1.42. The quantitative estimate of drug-likeness (QED) is 0.139. The fourth-order valence-corrected chi connectivity index (χ4v) is 10.6. The number of fused-ring (bicyclic) bond motifs is 2. The number of carboxylic acid groups (broad SMARTS) is 1. The normalized spacial score (nSPS) is 23.7. The topological polar surface area (TPSA) is 183 Å². The summed E-state index contributed by atoms with van der Waals surface area (Å²) in [5.41, 5.74) is 1.24. The van der Waals surface area contributed by atoms with E-state index in [2.05, 4.69) is 39.7 Å². The molecule has 2 aliphatic heterocycles. The van der Waals surface area contributed by atoms with Crippen LogP contribution in [0.15, 0.2) is 35.8 Å². The fraction of sp³-hybridized carbons (Fsp3) is 0.682. The first kappa shape index (κ1) is 46.9. The van der Waals surface area contributed by atoms with Gasteiger partial charge in [0.15, 0.2) is 0 Å². The number of rotatable bonds is 20. The molecular weight excluding hydrogens is 787 g/mol. The molecule has 16 heteroatoms. The van der Waals surface area contributed by atoms with Crippen molar-refractivity contribution in [3.05, 3.63) is 46.4 Å². The van der Waals surface area contributed by atoms with Crippen molar-refractivity contribution in [1.82, 2.24) is 30.3 Å². The number of likely N-dealkylation sites (tertiary alicyclic amines) is 2. The van der Waals surface area contributed by atoms with E-state index in [0.717, 1.165) is 37.7 Å². The highest BCUT2D eigenvalue weighted by atomic mass is 32.1. The van der Waals surface area contributed by atoms with Crippen LogP contribution in [0.3, 0.4) is 0 Å². The Morgan fingerprint density at radius 3 is 2.40 bits per heavy atom. The number of ether oxygens (including phenoxy) is 2. The lowest BCUT2D eigenvalue weighted by atomic mass is 9.89. The number of methoxy groups -OCH3 is 2. The van der Waals surface area contributed by atoms with Gasteiger partial charge in [-0.15, -0.1) is 11.3 Å². The zero-order valence-electron chi connectivity index (χ0n) is 36.8. The summed E-state index contributed by atoms with van der Waals surface area (Å²) in [5.74, 6) is -1.23. The van der Waals surface area contributed by atoms with Gasteiger partial charge in [0.05, 0.1) is 48.7 Å². The molecule has 2 saturated heterocycles. The van der Waals surface area contributed by atoms with Crippen LogP contribution in [-0.4, -0.2) is 132 Å². The molecular formula is C44H67N7O8S.